The number of benzene rings is 1. The average Bonchev–Trinajstić information content (AvgIpc) is 3.27. The highest BCUT2D eigenvalue weighted by Gasteiger charge is 2.29. The molecule has 1 unspecified atom stereocenters. The highest BCUT2D eigenvalue weighted by atomic mass is 32.1. The van der Waals surface area contributed by atoms with E-state index in [0.717, 1.165) is 19.4 Å². The summed E-state index contributed by atoms with van der Waals surface area (Å²) in [5, 5.41) is 6.49. The van der Waals surface area contributed by atoms with E-state index in [-0.39, 0.29) is 17.9 Å². The molecule has 1 aliphatic heterocycles. The predicted molar refractivity (Wildman–Crippen MR) is 91.4 cm³/mol. The summed E-state index contributed by atoms with van der Waals surface area (Å²) in [6.07, 6.45) is 2.39. The molecule has 0 radical (unpaired) electrons. The summed E-state index contributed by atoms with van der Waals surface area (Å²) >= 11 is 1.49. The number of nitrogens with zero attached hydrogens (tertiary/aromatic N) is 1. The molecule has 1 fully saturated rings. The molecule has 2 heterocycles. The van der Waals surface area contributed by atoms with E-state index in [2.05, 4.69) is 17.4 Å². The zero-order valence-corrected chi connectivity index (χ0v) is 13.7. The van der Waals surface area contributed by atoms with Crippen molar-refractivity contribution in [3.63, 3.8) is 0 Å². The molecule has 1 aromatic carbocycles. The summed E-state index contributed by atoms with van der Waals surface area (Å²) in [4.78, 5) is 26.3. The molecule has 1 aromatic heterocycles. The summed E-state index contributed by atoms with van der Waals surface area (Å²) < 4.78 is 0. The monoisotopic (exact) mass is 328 g/mol. The van der Waals surface area contributed by atoms with Crippen molar-refractivity contribution >= 4 is 23.2 Å². The van der Waals surface area contributed by atoms with Crippen molar-refractivity contribution in [2.75, 3.05) is 13.1 Å². The van der Waals surface area contributed by atoms with Crippen molar-refractivity contribution in [1.29, 1.82) is 0 Å². The number of thiophene rings is 1. The lowest BCUT2D eigenvalue weighted by atomic mass is 10.0. The first-order valence-corrected chi connectivity index (χ1v) is 8.85. The van der Waals surface area contributed by atoms with Gasteiger partial charge >= 0.3 is 0 Å². The van der Waals surface area contributed by atoms with E-state index in [9.17, 15) is 9.59 Å². The van der Waals surface area contributed by atoms with Gasteiger partial charge in [-0.25, -0.2) is 0 Å². The minimum Gasteiger partial charge on any atom is -0.351 e. The van der Waals surface area contributed by atoms with Gasteiger partial charge < -0.3 is 10.2 Å². The van der Waals surface area contributed by atoms with Gasteiger partial charge in [0.2, 0.25) is 5.91 Å². The molecule has 0 spiro atoms. The second kappa shape index (κ2) is 7.42. The normalized spacial score (nSPS) is 17.2. The Labute approximate surface area is 140 Å². The van der Waals surface area contributed by atoms with Gasteiger partial charge in [0.1, 0.15) is 0 Å². The number of carbonyl (C=O) groups is 2. The van der Waals surface area contributed by atoms with Crippen molar-refractivity contribution in [2.45, 2.75) is 25.3 Å². The summed E-state index contributed by atoms with van der Waals surface area (Å²) in [5.74, 6) is 0.00190. The first-order valence-electron chi connectivity index (χ1n) is 7.90. The average molecular weight is 328 g/mol. The van der Waals surface area contributed by atoms with Gasteiger partial charge in [-0.2, -0.15) is 11.3 Å². The number of nitrogens with one attached hydrogen (secondary N) is 1. The van der Waals surface area contributed by atoms with Crippen LogP contribution in [0.25, 0.3) is 0 Å². The van der Waals surface area contributed by atoms with Crippen LogP contribution in [0.5, 0.6) is 0 Å². The smallest absolute Gasteiger partial charge is 0.252 e. The maximum atomic E-state index is 12.5. The third-order valence-corrected chi connectivity index (χ3v) is 4.85. The van der Waals surface area contributed by atoms with Crippen LogP contribution in [0.1, 0.15) is 41.2 Å². The SMILES string of the molecule is O=C(NCCC(=O)N1CCCC1c1ccccc1)c1ccsc1. The Morgan fingerprint density at radius 2 is 2.04 bits per heavy atom. The van der Waals surface area contributed by atoms with E-state index in [1.165, 1.54) is 16.9 Å². The number of hydrogen-bond acceptors (Lipinski definition) is 3. The van der Waals surface area contributed by atoms with Gasteiger partial charge in [0.15, 0.2) is 0 Å². The van der Waals surface area contributed by atoms with Crippen LogP contribution < -0.4 is 5.32 Å². The standard InChI is InChI=1S/C18H20N2O2S/c21-17(8-10-19-18(22)15-9-12-23-13-15)20-11-4-7-16(20)14-5-2-1-3-6-14/h1-3,5-6,9,12-13,16H,4,7-8,10-11H2,(H,19,22). The van der Waals surface area contributed by atoms with Crippen LogP contribution in [-0.4, -0.2) is 29.8 Å². The zero-order chi connectivity index (χ0) is 16.1. The number of rotatable bonds is 5. The van der Waals surface area contributed by atoms with Crippen LogP contribution >= 0.6 is 11.3 Å². The van der Waals surface area contributed by atoms with E-state index in [0.29, 0.717) is 18.5 Å². The second-order valence-electron chi connectivity index (χ2n) is 5.67. The summed E-state index contributed by atoms with van der Waals surface area (Å²) in [5.41, 5.74) is 1.85. The minimum atomic E-state index is -0.111. The van der Waals surface area contributed by atoms with Crippen LogP contribution in [0.2, 0.25) is 0 Å². The number of carbonyl (C=O) groups excluding carboxylic acids is 2. The Balaban J connectivity index is 1.52. The Hall–Kier alpha value is -2.14. The molecule has 1 atom stereocenters. The third-order valence-electron chi connectivity index (χ3n) is 4.17. The van der Waals surface area contributed by atoms with Crippen molar-refractivity contribution < 1.29 is 9.59 Å². The van der Waals surface area contributed by atoms with Crippen LogP contribution in [0.3, 0.4) is 0 Å². The summed E-state index contributed by atoms with van der Waals surface area (Å²) in [7, 11) is 0. The van der Waals surface area contributed by atoms with Gasteiger partial charge in [-0.1, -0.05) is 30.3 Å². The van der Waals surface area contributed by atoms with Crippen molar-refractivity contribution in [3.05, 3.63) is 58.3 Å². The van der Waals surface area contributed by atoms with E-state index in [1.54, 1.807) is 6.07 Å². The maximum Gasteiger partial charge on any atom is 0.252 e. The van der Waals surface area contributed by atoms with Gasteiger partial charge in [-0.3, -0.25) is 9.59 Å². The molecule has 120 valence electrons. The van der Waals surface area contributed by atoms with Crippen LogP contribution in [0.4, 0.5) is 0 Å². The molecule has 5 heteroatoms. The molecule has 1 aliphatic rings. The fraction of sp³-hybridized carbons (Fsp3) is 0.333. The Kier molecular flexibility index (Phi) is 5.08. The molecule has 0 bridgehead atoms. The van der Waals surface area contributed by atoms with Gasteiger partial charge in [-0.05, 0) is 29.9 Å². The largest absolute Gasteiger partial charge is 0.351 e. The molecule has 23 heavy (non-hydrogen) atoms. The number of amides is 2. The molecule has 1 N–H and O–H groups in total. The quantitative estimate of drug-likeness (QED) is 0.916. The molecule has 3 rings (SSSR count). The second-order valence-corrected chi connectivity index (χ2v) is 6.45. The first kappa shape index (κ1) is 15.7. The fourth-order valence-electron chi connectivity index (χ4n) is 3.01. The van der Waals surface area contributed by atoms with E-state index >= 15 is 0 Å². The van der Waals surface area contributed by atoms with Crippen LogP contribution in [0, 0.1) is 0 Å². The number of hydrogen-bond donors (Lipinski definition) is 1. The van der Waals surface area contributed by atoms with E-state index in [1.807, 2.05) is 33.9 Å². The highest BCUT2D eigenvalue weighted by molar-refractivity contribution is 7.08. The molecular formula is C18H20N2O2S. The van der Waals surface area contributed by atoms with Crippen LogP contribution in [-0.2, 0) is 4.79 Å². The number of likely N-dealkylation sites (tertiary alicyclic amines) is 1. The third kappa shape index (κ3) is 3.79. The van der Waals surface area contributed by atoms with E-state index < -0.39 is 0 Å². The Bertz CT molecular complexity index is 655. The maximum absolute atomic E-state index is 12.5. The van der Waals surface area contributed by atoms with Crippen LogP contribution in [0.15, 0.2) is 47.2 Å². The van der Waals surface area contributed by atoms with Crippen molar-refractivity contribution in [1.82, 2.24) is 10.2 Å². The molecule has 0 saturated carbocycles. The fourth-order valence-corrected chi connectivity index (χ4v) is 3.65. The molecule has 4 nitrogen and oxygen atoms in total. The van der Waals surface area contributed by atoms with Gasteiger partial charge in [0, 0.05) is 30.5 Å². The lowest BCUT2D eigenvalue weighted by Gasteiger charge is -2.25. The first-order chi connectivity index (χ1) is 11.3. The molecular weight excluding hydrogens is 308 g/mol. The molecule has 0 aliphatic carbocycles. The lowest BCUT2D eigenvalue weighted by molar-refractivity contribution is -0.132. The predicted octanol–water partition coefficient (Wildman–Crippen LogP) is 3.23. The topological polar surface area (TPSA) is 49.4 Å². The molecule has 1 saturated heterocycles. The minimum absolute atomic E-state index is 0.111. The lowest BCUT2D eigenvalue weighted by Crippen LogP contribution is -2.34. The van der Waals surface area contributed by atoms with E-state index in [4.69, 9.17) is 0 Å². The van der Waals surface area contributed by atoms with Gasteiger partial charge in [-0.15, -0.1) is 0 Å². The van der Waals surface area contributed by atoms with Gasteiger partial charge in [0.05, 0.1) is 6.04 Å². The Morgan fingerprint density at radius 3 is 2.78 bits per heavy atom. The summed E-state index contributed by atoms with van der Waals surface area (Å²) in [6.45, 7) is 1.18. The highest BCUT2D eigenvalue weighted by Crippen LogP contribution is 2.32. The molecule has 2 amide bonds. The van der Waals surface area contributed by atoms with Crippen molar-refractivity contribution in [2.24, 2.45) is 0 Å². The molecule has 2 aromatic rings. The van der Waals surface area contributed by atoms with Crippen molar-refractivity contribution in [3.8, 4) is 0 Å². The Morgan fingerprint density at radius 1 is 1.22 bits per heavy atom. The zero-order valence-electron chi connectivity index (χ0n) is 12.9. The van der Waals surface area contributed by atoms with Gasteiger partial charge in [0.25, 0.3) is 5.91 Å². The summed E-state index contributed by atoms with van der Waals surface area (Å²) in [6, 6.07) is 12.1.